The molecule has 0 bridgehead atoms. The summed E-state index contributed by atoms with van der Waals surface area (Å²) < 4.78 is 24.1. The number of piperazine rings is 1. The highest BCUT2D eigenvalue weighted by Gasteiger charge is 2.23. The molecule has 1 aliphatic heterocycles. The molecule has 2 nitrogen and oxygen atoms in total. The first-order valence-corrected chi connectivity index (χ1v) is 5.47. The van der Waals surface area contributed by atoms with Gasteiger partial charge in [0.15, 0.2) is 0 Å². The van der Waals surface area contributed by atoms with Crippen LogP contribution in [0.15, 0.2) is 0 Å². The van der Waals surface area contributed by atoms with Gasteiger partial charge in [0.2, 0.25) is 6.43 Å². The van der Waals surface area contributed by atoms with E-state index >= 15 is 0 Å². The van der Waals surface area contributed by atoms with Crippen LogP contribution in [0.2, 0.25) is 0 Å². The Morgan fingerprint density at radius 3 is 2.57 bits per heavy atom. The lowest BCUT2D eigenvalue weighted by Gasteiger charge is -2.35. The fourth-order valence-electron chi connectivity index (χ4n) is 1.66. The summed E-state index contributed by atoms with van der Waals surface area (Å²) in [5.74, 6) is 0. The van der Waals surface area contributed by atoms with Crippen LogP contribution in [0.25, 0.3) is 0 Å². The van der Waals surface area contributed by atoms with E-state index < -0.39 is 6.43 Å². The zero-order valence-electron chi connectivity index (χ0n) is 9.39. The SMILES string of the molecule is CC.CCN1CCNCC1CC(F)F. The van der Waals surface area contributed by atoms with Gasteiger partial charge in [0.25, 0.3) is 0 Å². The molecule has 1 unspecified atom stereocenters. The van der Waals surface area contributed by atoms with Crippen molar-refractivity contribution in [2.24, 2.45) is 0 Å². The molecule has 1 atom stereocenters. The lowest BCUT2D eigenvalue weighted by Crippen LogP contribution is -2.51. The lowest BCUT2D eigenvalue weighted by molar-refractivity contribution is 0.0711. The molecule has 1 aliphatic rings. The van der Waals surface area contributed by atoms with Gasteiger partial charge in [0.05, 0.1) is 0 Å². The largest absolute Gasteiger partial charge is 0.314 e. The Balaban J connectivity index is 0.000000791. The Bertz CT molecular complexity index is 131. The molecule has 1 N–H and O–H groups in total. The molecule has 0 saturated carbocycles. The van der Waals surface area contributed by atoms with Gasteiger partial charge in [-0.05, 0) is 6.54 Å². The van der Waals surface area contributed by atoms with Crippen molar-refractivity contribution in [3.8, 4) is 0 Å². The molecule has 0 amide bonds. The lowest BCUT2D eigenvalue weighted by atomic mass is 10.1. The van der Waals surface area contributed by atoms with Gasteiger partial charge in [0.1, 0.15) is 0 Å². The summed E-state index contributed by atoms with van der Waals surface area (Å²) in [6.45, 7) is 9.42. The summed E-state index contributed by atoms with van der Waals surface area (Å²) in [4.78, 5) is 2.11. The van der Waals surface area contributed by atoms with Crippen LogP contribution in [0.3, 0.4) is 0 Å². The molecule has 14 heavy (non-hydrogen) atoms. The van der Waals surface area contributed by atoms with E-state index in [4.69, 9.17) is 0 Å². The van der Waals surface area contributed by atoms with Crippen molar-refractivity contribution in [3.05, 3.63) is 0 Å². The van der Waals surface area contributed by atoms with Crippen LogP contribution >= 0.6 is 0 Å². The van der Waals surface area contributed by atoms with E-state index in [0.717, 1.165) is 19.6 Å². The van der Waals surface area contributed by atoms with Gasteiger partial charge in [-0.1, -0.05) is 20.8 Å². The van der Waals surface area contributed by atoms with Crippen LogP contribution in [0.1, 0.15) is 27.2 Å². The molecule has 1 saturated heterocycles. The predicted molar refractivity (Wildman–Crippen MR) is 55.9 cm³/mol. The topological polar surface area (TPSA) is 15.3 Å². The fraction of sp³-hybridized carbons (Fsp3) is 1.00. The van der Waals surface area contributed by atoms with Crippen LogP contribution in [0.5, 0.6) is 0 Å². The molecule has 1 heterocycles. The number of likely N-dealkylation sites (N-methyl/N-ethyl adjacent to an activating group) is 1. The third-order valence-corrected chi connectivity index (χ3v) is 2.33. The number of halogens is 2. The number of nitrogens with zero attached hydrogens (tertiary/aromatic N) is 1. The molecule has 0 aromatic carbocycles. The summed E-state index contributed by atoms with van der Waals surface area (Å²) in [5, 5.41) is 3.13. The highest BCUT2D eigenvalue weighted by Crippen LogP contribution is 2.11. The maximum atomic E-state index is 12.1. The van der Waals surface area contributed by atoms with E-state index in [1.165, 1.54) is 0 Å². The first kappa shape index (κ1) is 13.8. The standard InChI is InChI=1S/C8H16F2N2.C2H6/c1-2-12-4-3-11-6-7(12)5-8(9)10;1-2/h7-8,11H,2-6H2,1H3;1-2H3. The Morgan fingerprint density at radius 1 is 1.43 bits per heavy atom. The zero-order valence-corrected chi connectivity index (χ0v) is 9.39. The molecule has 1 fully saturated rings. The third-order valence-electron chi connectivity index (χ3n) is 2.33. The number of nitrogens with one attached hydrogen (secondary N) is 1. The molecule has 0 aliphatic carbocycles. The molecule has 1 rings (SSSR count). The van der Waals surface area contributed by atoms with Crippen LogP contribution in [-0.2, 0) is 0 Å². The van der Waals surface area contributed by atoms with Crippen molar-refractivity contribution in [1.82, 2.24) is 10.2 Å². The van der Waals surface area contributed by atoms with Crippen molar-refractivity contribution in [2.45, 2.75) is 39.7 Å². The Labute approximate surface area is 85.7 Å². The monoisotopic (exact) mass is 208 g/mol. The second kappa shape index (κ2) is 8.12. The average molecular weight is 208 g/mol. The van der Waals surface area contributed by atoms with Crippen LogP contribution in [0.4, 0.5) is 8.78 Å². The number of alkyl halides is 2. The van der Waals surface area contributed by atoms with Crippen LogP contribution in [0, 0.1) is 0 Å². The maximum Gasteiger partial charge on any atom is 0.240 e. The first-order valence-electron chi connectivity index (χ1n) is 5.47. The van der Waals surface area contributed by atoms with E-state index in [1.54, 1.807) is 0 Å². The molecule has 4 heteroatoms. The minimum atomic E-state index is -2.18. The molecule has 0 aromatic heterocycles. The van der Waals surface area contributed by atoms with Crippen molar-refractivity contribution < 1.29 is 8.78 Å². The molecule has 0 spiro atoms. The number of rotatable bonds is 3. The summed E-state index contributed by atoms with van der Waals surface area (Å²) in [5.41, 5.74) is 0. The number of hydrogen-bond donors (Lipinski definition) is 1. The van der Waals surface area contributed by atoms with Gasteiger partial charge in [-0.15, -0.1) is 0 Å². The van der Waals surface area contributed by atoms with Crippen molar-refractivity contribution in [3.63, 3.8) is 0 Å². The Kier molecular flexibility index (Phi) is 7.99. The number of hydrogen-bond acceptors (Lipinski definition) is 2. The summed E-state index contributed by atoms with van der Waals surface area (Å²) in [6.07, 6.45) is -2.18. The average Bonchev–Trinajstić information content (AvgIpc) is 2.21. The highest BCUT2D eigenvalue weighted by atomic mass is 19.3. The van der Waals surface area contributed by atoms with E-state index in [0.29, 0.717) is 6.54 Å². The summed E-state index contributed by atoms with van der Waals surface area (Å²) >= 11 is 0. The van der Waals surface area contributed by atoms with E-state index in [-0.39, 0.29) is 12.5 Å². The van der Waals surface area contributed by atoms with Gasteiger partial charge in [-0.3, -0.25) is 4.90 Å². The van der Waals surface area contributed by atoms with Gasteiger partial charge < -0.3 is 5.32 Å². The van der Waals surface area contributed by atoms with Gasteiger partial charge in [-0.2, -0.15) is 0 Å². The minimum absolute atomic E-state index is 0.000833. The second-order valence-corrected chi connectivity index (χ2v) is 3.11. The minimum Gasteiger partial charge on any atom is -0.314 e. The zero-order chi connectivity index (χ0) is 11.0. The van der Waals surface area contributed by atoms with Crippen molar-refractivity contribution >= 4 is 0 Å². The fourth-order valence-corrected chi connectivity index (χ4v) is 1.66. The highest BCUT2D eigenvalue weighted by molar-refractivity contribution is 4.79. The van der Waals surface area contributed by atoms with Crippen LogP contribution in [-0.4, -0.2) is 43.5 Å². The molecular weight excluding hydrogens is 186 g/mol. The van der Waals surface area contributed by atoms with Gasteiger partial charge in [-0.25, -0.2) is 8.78 Å². The second-order valence-electron chi connectivity index (χ2n) is 3.11. The van der Waals surface area contributed by atoms with E-state index in [9.17, 15) is 8.78 Å². The maximum absolute atomic E-state index is 12.1. The smallest absolute Gasteiger partial charge is 0.240 e. The molecule has 0 aromatic rings. The Morgan fingerprint density at radius 2 is 2.07 bits per heavy atom. The Hall–Kier alpha value is -0.220. The van der Waals surface area contributed by atoms with Crippen LogP contribution < -0.4 is 5.32 Å². The summed E-state index contributed by atoms with van der Waals surface area (Å²) in [6, 6.07) is 0.0312. The summed E-state index contributed by atoms with van der Waals surface area (Å²) in [7, 11) is 0. The molecular formula is C10H22F2N2. The van der Waals surface area contributed by atoms with Crippen molar-refractivity contribution in [2.75, 3.05) is 26.2 Å². The third kappa shape index (κ3) is 4.86. The molecule has 0 radical (unpaired) electrons. The first-order chi connectivity index (χ1) is 6.74. The van der Waals surface area contributed by atoms with Crippen molar-refractivity contribution in [1.29, 1.82) is 0 Å². The normalized spacial score (nSPS) is 23.1. The quantitative estimate of drug-likeness (QED) is 0.762. The van der Waals surface area contributed by atoms with Gasteiger partial charge in [0, 0.05) is 32.1 Å². The van der Waals surface area contributed by atoms with E-state index in [2.05, 4.69) is 10.2 Å². The molecule has 86 valence electrons. The predicted octanol–water partition coefficient (Wildman–Crippen LogP) is 1.96. The van der Waals surface area contributed by atoms with Gasteiger partial charge >= 0.3 is 0 Å². The van der Waals surface area contributed by atoms with E-state index in [1.807, 2.05) is 20.8 Å².